The molecule has 0 saturated carbocycles. The lowest BCUT2D eigenvalue weighted by Crippen LogP contribution is -2.13. The van der Waals surface area contributed by atoms with Gasteiger partial charge in [0.25, 0.3) is 0 Å². The number of carbonyl (C=O) groups is 2. The van der Waals surface area contributed by atoms with Crippen molar-refractivity contribution in [3.8, 4) is 0 Å². The van der Waals surface area contributed by atoms with E-state index in [0.29, 0.717) is 5.70 Å². The molecule has 76 valence electrons. The molecule has 0 atom stereocenters. The van der Waals surface area contributed by atoms with Crippen LogP contribution in [0.2, 0.25) is 0 Å². The second-order valence-electron chi connectivity index (χ2n) is 3.25. The number of benzene rings is 1. The summed E-state index contributed by atoms with van der Waals surface area (Å²) in [7, 11) is 0. The quantitative estimate of drug-likeness (QED) is 0.753. The minimum atomic E-state index is -1.05. The van der Waals surface area contributed by atoms with Crippen LogP contribution in [0.3, 0.4) is 0 Å². The first-order valence-electron chi connectivity index (χ1n) is 4.50. The van der Waals surface area contributed by atoms with Crippen LogP contribution in [-0.2, 0) is 9.59 Å². The van der Waals surface area contributed by atoms with E-state index in [4.69, 9.17) is 5.11 Å². The summed E-state index contributed by atoms with van der Waals surface area (Å²) in [6.07, 6.45) is -0.0560. The van der Waals surface area contributed by atoms with Crippen LogP contribution in [0, 0.1) is 0 Å². The molecular weight excluding hydrogens is 194 g/mol. The third-order valence-corrected chi connectivity index (χ3v) is 2.22. The lowest BCUT2D eigenvalue weighted by molar-refractivity contribution is -0.133. The Morgan fingerprint density at radius 2 is 1.93 bits per heavy atom. The fourth-order valence-corrected chi connectivity index (χ4v) is 1.54. The van der Waals surface area contributed by atoms with Crippen LogP contribution in [0.25, 0.3) is 5.70 Å². The van der Waals surface area contributed by atoms with E-state index < -0.39 is 5.97 Å². The predicted octanol–water partition coefficient (Wildman–Crippen LogP) is 1.00. The molecule has 15 heavy (non-hydrogen) atoms. The van der Waals surface area contributed by atoms with E-state index in [-0.39, 0.29) is 17.9 Å². The van der Waals surface area contributed by atoms with Gasteiger partial charge in [-0.3, -0.25) is 4.79 Å². The highest BCUT2D eigenvalue weighted by molar-refractivity contribution is 6.08. The molecule has 0 aromatic heterocycles. The van der Waals surface area contributed by atoms with Gasteiger partial charge in [-0.25, -0.2) is 4.79 Å². The lowest BCUT2D eigenvalue weighted by Gasteiger charge is -2.03. The third-order valence-electron chi connectivity index (χ3n) is 2.22. The number of carboxylic acids is 1. The molecule has 1 aliphatic heterocycles. The van der Waals surface area contributed by atoms with E-state index in [2.05, 4.69) is 5.32 Å². The van der Waals surface area contributed by atoms with Crippen molar-refractivity contribution in [1.82, 2.24) is 5.32 Å². The Labute approximate surface area is 86.2 Å². The van der Waals surface area contributed by atoms with Gasteiger partial charge in [-0.05, 0) is 5.56 Å². The molecule has 0 spiro atoms. The van der Waals surface area contributed by atoms with Crippen LogP contribution in [0.15, 0.2) is 35.9 Å². The molecule has 0 radical (unpaired) electrons. The van der Waals surface area contributed by atoms with Gasteiger partial charge in [0.2, 0.25) is 5.91 Å². The van der Waals surface area contributed by atoms with E-state index in [1.165, 1.54) is 0 Å². The highest BCUT2D eigenvalue weighted by Crippen LogP contribution is 2.23. The zero-order chi connectivity index (χ0) is 10.8. The molecule has 1 aliphatic rings. The second kappa shape index (κ2) is 3.57. The summed E-state index contributed by atoms with van der Waals surface area (Å²) in [4.78, 5) is 22.0. The Hall–Kier alpha value is -2.10. The predicted molar refractivity (Wildman–Crippen MR) is 53.8 cm³/mol. The standard InChI is InChI=1S/C11H9NO3/c13-9-6-8(11(14)15)10(12-9)7-4-2-1-3-5-7/h1-5H,6H2,(H,12,13)(H,14,15). The van der Waals surface area contributed by atoms with E-state index in [9.17, 15) is 9.59 Å². The van der Waals surface area contributed by atoms with Gasteiger partial charge in [0.15, 0.2) is 0 Å². The molecule has 0 bridgehead atoms. The molecule has 0 unspecified atom stereocenters. The Balaban J connectivity index is 2.46. The molecule has 1 heterocycles. The van der Waals surface area contributed by atoms with Crippen LogP contribution >= 0.6 is 0 Å². The van der Waals surface area contributed by atoms with Crippen LogP contribution < -0.4 is 5.32 Å². The number of aliphatic carboxylic acids is 1. The molecule has 0 saturated heterocycles. The van der Waals surface area contributed by atoms with Gasteiger partial charge in [0.05, 0.1) is 17.7 Å². The number of hydrogen-bond donors (Lipinski definition) is 2. The Morgan fingerprint density at radius 1 is 1.27 bits per heavy atom. The monoisotopic (exact) mass is 203 g/mol. The van der Waals surface area contributed by atoms with Crippen molar-refractivity contribution >= 4 is 17.6 Å². The van der Waals surface area contributed by atoms with Crippen molar-refractivity contribution in [2.75, 3.05) is 0 Å². The lowest BCUT2D eigenvalue weighted by atomic mass is 10.1. The van der Waals surface area contributed by atoms with Gasteiger partial charge in [-0.1, -0.05) is 30.3 Å². The van der Waals surface area contributed by atoms with Gasteiger partial charge in [-0.2, -0.15) is 0 Å². The molecule has 4 nitrogen and oxygen atoms in total. The Bertz CT molecular complexity index is 448. The average molecular weight is 203 g/mol. The number of amides is 1. The smallest absolute Gasteiger partial charge is 0.334 e. The molecule has 1 aromatic carbocycles. The zero-order valence-corrected chi connectivity index (χ0v) is 7.86. The highest BCUT2D eigenvalue weighted by atomic mass is 16.4. The molecule has 0 aliphatic carbocycles. The minimum Gasteiger partial charge on any atom is -0.478 e. The first kappa shape index (κ1) is 9.45. The molecule has 2 rings (SSSR count). The van der Waals surface area contributed by atoms with Crippen LogP contribution in [0.4, 0.5) is 0 Å². The fourth-order valence-electron chi connectivity index (χ4n) is 1.54. The van der Waals surface area contributed by atoms with Crippen molar-refractivity contribution in [2.24, 2.45) is 0 Å². The van der Waals surface area contributed by atoms with Crippen LogP contribution in [-0.4, -0.2) is 17.0 Å². The van der Waals surface area contributed by atoms with E-state index >= 15 is 0 Å². The maximum absolute atomic E-state index is 11.1. The van der Waals surface area contributed by atoms with Crippen molar-refractivity contribution in [3.05, 3.63) is 41.5 Å². The van der Waals surface area contributed by atoms with Gasteiger partial charge < -0.3 is 10.4 Å². The summed E-state index contributed by atoms with van der Waals surface area (Å²) in [5, 5.41) is 11.5. The fraction of sp³-hybridized carbons (Fsp3) is 0.0909. The molecule has 0 fully saturated rings. The minimum absolute atomic E-state index is 0.0560. The zero-order valence-electron chi connectivity index (χ0n) is 7.86. The largest absolute Gasteiger partial charge is 0.478 e. The number of hydrogen-bond acceptors (Lipinski definition) is 2. The first-order valence-corrected chi connectivity index (χ1v) is 4.50. The van der Waals surface area contributed by atoms with E-state index in [0.717, 1.165) is 5.56 Å². The van der Waals surface area contributed by atoms with Crippen LogP contribution in [0.5, 0.6) is 0 Å². The molecule has 1 aromatic rings. The number of nitrogens with one attached hydrogen (secondary N) is 1. The molecule has 1 amide bonds. The number of carboxylic acid groups (broad SMARTS) is 1. The summed E-state index contributed by atoms with van der Waals surface area (Å²) in [5.74, 6) is -1.32. The topological polar surface area (TPSA) is 66.4 Å². The average Bonchev–Trinajstić information content (AvgIpc) is 2.62. The van der Waals surface area contributed by atoms with E-state index in [1.807, 2.05) is 6.07 Å². The van der Waals surface area contributed by atoms with Crippen molar-refractivity contribution < 1.29 is 14.7 Å². The highest BCUT2D eigenvalue weighted by Gasteiger charge is 2.26. The number of rotatable bonds is 2. The van der Waals surface area contributed by atoms with Gasteiger partial charge >= 0.3 is 5.97 Å². The maximum Gasteiger partial charge on any atom is 0.334 e. The first-order chi connectivity index (χ1) is 7.18. The van der Waals surface area contributed by atoms with Crippen LogP contribution in [0.1, 0.15) is 12.0 Å². The second-order valence-corrected chi connectivity index (χ2v) is 3.25. The maximum atomic E-state index is 11.1. The Kier molecular flexibility index (Phi) is 2.25. The number of carbonyl (C=O) groups excluding carboxylic acids is 1. The molecular formula is C11H9NO3. The van der Waals surface area contributed by atoms with Gasteiger partial charge in [-0.15, -0.1) is 0 Å². The molecule has 4 heteroatoms. The summed E-state index contributed by atoms with van der Waals surface area (Å²) in [6.45, 7) is 0. The SMILES string of the molecule is O=C1CC(C(=O)O)=C(c2ccccc2)N1. The summed E-state index contributed by atoms with van der Waals surface area (Å²) in [5.41, 5.74) is 1.26. The van der Waals surface area contributed by atoms with E-state index in [1.54, 1.807) is 24.3 Å². The molecule has 2 N–H and O–H groups in total. The summed E-state index contributed by atoms with van der Waals surface area (Å²) in [6, 6.07) is 8.97. The van der Waals surface area contributed by atoms with Gasteiger partial charge in [0, 0.05) is 0 Å². The summed E-state index contributed by atoms with van der Waals surface area (Å²) >= 11 is 0. The normalized spacial score (nSPS) is 15.3. The third kappa shape index (κ3) is 1.74. The Morgan fingerprint density at radius 3 is 2.53 bits per heavy atom. The summed E-state index contributed by atoms with van der Waals surface area (Å²) < 4.78 is 0. The van der Waals surface area contributed by atoms with Crippen molar-refractivity contribution in [2.45, 2.75) is 6.42 Å². The van der Waals surface area contributed by atoms with Crippen molar-refractivity contribution in [3.63, 3.8) is 0 Å². The van der Waals surface area contributed by atoms with Crippen molar-refractivity contribution in [1.29, 1.82) is 0 Å². The van der Waals surface area contributed by atoms with Gasteiger partial charge in [0.1, 0.15) is 0 Å².